The number of carbonyl (C=O) groups excluding carboxylic acids is 1. The van der Waals surface area contributed by atoms with Crippen LogP contribution in [-0.2, 0) is 4.79 Å². The molecule has 0 amide bonds. The molecule has 0 N–H and O–H groups in total. The van der Waals surface area contributed by atoms with Gasteiger partial charge in [-0.3, -0.25) is 4.79 Å². The van der Waals surface area contributed by atoms with Gasteiger partial charge in [-0.15, -0.1) is 0 Å². The van der Waals surface area contributed by atoms with Crippen LogP contribution < -0.4 is 4.74 Å². The zero-order valence-corrected chi connectivity index (χ0v) is 9.07. The normalized spacial score (nSPS) is 11.1. The van der Waals surface area contributed by atoms with E-state index in [0.29, 0.717) is 10.8 Å². The zero-order valence-electron chi connectivity index (χ0n) is 8.31. The van der Waals surface area contributed by atoms with Gasteiger partial charge in [-0.05, 0) is 23.8 Å². The van der Waals surface area contributed by atoms with Gasteiger partial charge >= 0.3 is 0 Å². The number of ether oxygens (including phenoxy) is 1. The highest BCUT2D eigenvalue weighted by molar-refractivity contribution is 6.32. The molecule has 0 unspecified atom stereocenters. The summed E-state index contributed by atoms with van der Waals surface area (Å²) in [7, 11) is 1.57. The second-order valence-electron chi connectivity index (χ2n) is 2.77. The molecule has 78 valence electrons. The minimum atomic E-state index is 0.569. The van der Waals surface area contributed by atoms with Crippen molar-refractivity contribution in [2.24, 2.45) is 0 Å². The predicted molar refractivity (Wildman–Crippen MR) is 62.2 cm³/mol. The van der Waals surface area contributed by atoms with E-state index in [2.05, 4.69) is 0 Å². The van der Waals surface area contributed by atoms with E-state index < -0.39 is 0 Å². The Bertz CT molecular complexity index is 395. The molecule has 1 rings (SSSR count). The van der Waals surface area contributed by atoms with Gasteiger partial charge in [0.1, 0.15) is 12.0 Å². The number of aldehydes is 1. The molecule has 0 aliphatic heterocycles. The summed E-state index contributed by atoms with van der Waals surface area (Å²) >= 11 is 5.94. The SMILES string of the molecule is COc1ccc(/C=C/C=C/C=O)cc1Cl. The average Bonchev–Trinajstić information content (AvgIpc) is 2.25. The number of benzene rings is 1. The highest BCUT2D eigenvalue weighted by atomic mass is 35.5. The number of hydrogen-bond donors (Lipinski definition) is 0. The minimum Gasteiger partial charge on any atom is -0.495 e. The van der Waals surface area contributed by atoms with Crippen molar-refractivity contribution < 1.29 is 9.53 Å². The van der Waals surface area contributed by atoms with E-state index in [0.717, 1.165) is 11.8 Å². The summed E-state index contributed by atoms with van der Waals surface area (Å²) in [5.74, 6) is 0.650. The Morgan fingerprint density at radius 3 is 2.67 bits per heavy atom. The van der Waals surface area contributed by atoms with Gasteiger partial charge in [-0.1, -0.05) is 35.9 Å². The van der Waals surface area contributed by atoms with Crippen LogP contribution >= 0.6 is 11.6 Å². The fraction of sp³-hybridized carbons (Fsp3) is 0.0833. The van der Waals surface area contributed by atoms with Crippen LogP contribution in [0.5, 0.6) is 5.75 Å². The van der Waals surface area contributed by atoms with E-state index in [-0.39, 0.29) is 0 Å². The predicted octanol–water partition coefficient (Wildman–Crippen LogP) is 3.12. The average molecular weight is 223 g/mol. The molecule has 0 radical (unpaired) electrons. The van der Waals surface area contributed by atoms with Gasteiger partial charge in [0.05, 0.1) is 12.1 Å². The quantitative estimate of drug-likeness (QED) is 0.445. The smallest absolute Gasteiger partial charge is 0.142 e. The maximum Gasteiger partial charge on any atom is 0.142 e. The third-order valence-corrected chi connectivity index (χ3v) is 2.06. The lowest BCUT2D eigenvalue weighted by molar-refractivity contribution is -0.104. The van der Waals surface area contributed by atoms with E-state index in [9.17, 15) is 4.79 Å². The van der Waals surface area contributed by atoms with E-state index in [4.69, 9.17) is 16.3 Å². The van der Waals surface area contributed by atoms with Crippen LogP contribution in [0.2, 0.25) is 5.02 Å². The lowest BCUT2D eigenvalue weighted by Crippen LogP contribution is -1.83. The largest absolute Gasteiger partial charge is 0.495 e. The first-order valence-electron chi connectivity index (χ1n) is 4.40. The second kappa shape index (κ2) is 6.04. The molecular weight excluding hydrogens is 212 g/mol. The van der Waals surface area contributed by atoms with Crippen molar-refractivity contribution >= 4 is 24.0 Å². The van der Waals surface area contributed by atoms with Crippen molar-refractivity contribution in [2.45, 2.75) is 0 Å². The number of rotatable bonds is 4. The Balaban J connectivity index is 2.79. The molecule has 0 bridgehead atoms. The Labute approximate surface area is 93.8 Å². The van der Waals surface area contributed by atoms with Gasteiger partial charge in [0.2, 0.25) is 0 Å². The third-order valence-electron chi connectivity index (χ3n) is 1.77. The van der Waals surface area contributed by atoms with Crippen LogP contribution in [0.15, 0.2) is 36.4 Å². The molecule has 2 nitrogen and oxygen atoms in total. The molecule has 0 saturated heterocycles. The Morgan fingerprint density at radius 2 is 2.07 bits per heavy atom. The molecule has 15 heavy (non-hydrogen) atoms. The van der Waals surface area contributed by atoms with Crippen molar-refractivity contribution in [1.82, 2.24) is 0 Å². The van der Waals surface area contributed by atoms with Crippen LogP contribution in [-0.4, -0.2) is 13.4 Å². The van der Waals surface area contributed by atoms with Crippen molar-refractivity contribution in [1.29, 1.82) is 0 Å². The van der Waals surface area contributed by atoms with Gasteiger partial charge in [-0.2, -0.15) is 0 Å². The van der Waals surface area contributed by atoms with Crippen LogP contribution in [0.3, 0.4) is 0 Å². The topological polar surface area (TPSA) is 26.3 Å². The Hall–Kier alpha value is -1.54. The monoisotopic (exact) mass is 222 g/mol. The molecular formula is C12H11ClO2. The molecule has 0 aliphatic carbocycles. The fourth-order valence-electron chi connectivity index (χ4n) is 1.06. The van der Waals surface area contributed by atoms with Gasteiger partial charge in [0, 0.05) is 0 Å². The lowest BCUT2D eigenvalue weighted by atomic mass is 10.2. The van der Waals surface area contributed by atoms with Crippen LogP contribution in [0.1, 0.15) is 5.56 Å². The van der Waals surface area contributed by atoms with Crippen molar-refractivity contribution in [3.8, 4) is 5.75 Å². The molecule has 1 aromatic carbocycles. The maximum absolute atomic E-state index is 10.00. The number of allylic oxidation sites excluding steroid dienone is 3. The summed E-state index contributed by atoms with van der Waals surface area (Å²) in [4.78, 5) is 10.00. The standard InChI is InChI=1S/C12H11ClO2/c1-15-12-7-6-10(9-11(12)13)5-3-2-4-8-14/h2-9H,1H3/b4-2+,5-3+. The molecule has 0 saturated carbocycles. The summed E-state index contributed by atoms with van der Waals surface area (Å²) in [6, 6.07) is 5.48. The number of methoxy groups -OCH3 is 1. The fourth-order valence-corrected chi connectivity index (χ4v) is 1.33. The first-order chi connectivity index (χ1) is 7.27. The summed E-state index contributed by atoms with van der Waals surface area (Å²) in [6.07, 6.45) is 7.43. The second-order valence-corrected chi connectivity index (χ2v) is 3.18. The molecule has 0 spiro atoms. The minimum absolute atomic E-state index is 0.569. The highest BCUT2D eigenvalue weighted by Gasteiger charge is 1.98. The third kappa shape index (κ3) is 3.60. The summed E-state index contributed by atoms with van der Waals surface area (Å²) in [6.45, 7) is 0. The first-order valence-corrected chi connectivity index (χ1v) is 4.78. The van der Waals surface area contributed by atoms with Crippen molar-refractivity contribution in [3.63, 3.8) is 0 Å². The van der Waals surface area contributed by atoms with Gasteiger partial charge in [0.15, 0.2) is 0 Å². The summed E-state index contributed by atoms with van der Waals surface area (Å²) in [5, 5.41) is 0.569. The molecule has 0 aromatic heterocycles. The zero-order chi connectivity index (χ0) is 11.1. The lowest BCUT2D eigenvalue weighted by Gasteiger charge is -2.02. The van der Waals surface area contributed by atoms with Gasteiger partial charge in [0.25, 0.3) is 0 Å². The molecule has 1 aromatic rings. The Kier molecular flexibility index (Phi) is 4.64. The van der Waals surface area contributed by atoms with E-state index in [1.165, 1.54) is 6.08 Å². The summed E-state index contributed by atoms with van der Waals surface area (Å²) in [5.41, 5.74) is 0.955. The molecule has 3 heteroatoms. The highest BCUT2D eigenvalue weighted by Crippen LogP contribution is 2.25. The summed E-state index contributed by atoms with van der Waals surface area (Å²) < 4.78 is 5.03. The van der Waals surface area contributed by atoms with Crippen LogP contribution in [0.25, 0.3) is 6.08 Å². The molecule has 0 fully saturated rings. The Morgan fingerprint density at radius 1 is 1.27 bits per heavy atom. The van der Waals surface area contributed by atoms with Gasteiger partial charge < -0.3 is 4.74 Å². The van der Waals surface area contributed by atoms with Crippen molar-refractivity contribution in [3.05, 3.63) is 47.0 Å². The van der Waals surface area contributed by atoms with E-state index in [1.807, 2.05) is 12.1 Å². The maximum atomic E-state index is 10.00. The number of hydrogen-bond acceptors (Lipinski definition) is 2. The van der Waals surface area contributed by atoms with Crippen LogP contribution in [0, 0.1) is 0 Å². The van der Waals surface area contributed by atoms with Crippen LogP contribution in [0.4, 0.5) is 0 Å². The van der Waals surface area contributed by atoms with E-state index >= 15 is 0 Å². The van der Waals surface area contributed by atoms with E-state index in [1.54, 1.807) is 31.4 Å². The molecule has 0 atom stereocenters. The number of halogens is 1. The number of carbonyl (C=O) groups is 1. The molecule has 0 aliphatic rings. The molecule has 0 heterocycles. The first kappa shape index (κ1) is 11.5. The van der Waals surface area contributed by atoms with Crippen molar-refractivity contribution in [2.75, 3.05) is 7.11 Å². The van der Waals surface area contributed by atoms with Gasteiger partial charge in [-0.25, -0.2) is 0 Å².